The third-order valence-corrected chi connectivity index (χ3v) is 6.22. The summed E-state index contributed by atoms with van der Waals surface area (Å²) in [6, 6.07) is 1.01. The Balaban J connectivity index is 1.21. The zero-order valence-electron chi connectivity index (χ0n) is 13.6. The van der Waals surface area contributed by atoms with Crippen molar-refractivity contribution < 1.29 is 4.79 Å². The first-order valence-electron chi connectivity index (χ1n) is 9.05. The molecule has 1 saturated heterocycles. The SMILES string of the molecule is O=C(Nc1nc(C2CC2)cs1)NC1CCN(C2CCCC2)CC1. The van der Waals surface area contributed by atoms with Crippen LogP contribution in [-0.2, 0) is 0 Å². The van der Waals surface area contributed by atoms with Gasteiger partial charge in [0.05, 0.1) is 5.69 Å². The first-order valence-corrected chi connectivity index (χ1v) is 9.93. The number of likely N-dealkylation sites (tertiary alicyclic amines) is 1. The van der Waals surface area contributed by atoms with Gasteiger partial charge in [0.1, 0.15) is 0 Å². The van der Waals surface area contributed by atoms with Gasteiger partial charge in [-0.25, -0.2) is 9.78 Å². The second-order valence-corrected chi connectivity index (χ2v) is 8.06. The highest BCUT2D eigenvalue weighted by molar-refractivity contribution is 7.13. The molecule has 2 aliphatic carbocycles. The molecule has 0 unspecified atom stereocenters. The molecule has 126 valence electrons. The normalized spacial score (nSPS) is 24.0. The summed E-state index contributed by atoms with van der Waals surface area (Å²) < 4.78 is 0. The Bertz CT molecular complexity index is 543. The van der Waals surface area contributed by atoms with Crippen molar-refractivity contribution in [2.24, 2.45) is 0 Å². The molecular weight excluding hydrogens is 308 g/mol. The Labute approximate surface area is 141 Å². The first-order chi connectivity index (χ1) is 11.3. The van der Waals surface area contributed by atoms with E-state index in [0.29, 0.717) is 12.0 Å². The van der Waals surface area contributed by atoms with Crippen LogP contribution >= 0.6 is 11.3 Å². The van der Waals surface area contributed by atoms with Crippen molar-refractivity contribution >= 4 is 22.5 Å². The van der Waals surface area contributed by atoms with Crippen molar-refractivity contribution in [3.8, 4) is 0 Å². The van der Waals surface area contributed by atoms with Crippen molar-refractivity contribution in [2.75, 3.05) is 18.4 Å². The number of thiazole rings is 1. The van der Waals surface area contributed by atoms with Crippen LogP contribution in [0.15, 0.2) is 5.38 Å². The summed E-state index contributed by atoms with van der Waals surface area (Å²) >= 11 is 1.53. The van der Waals surface area contributed by atoms with E-state index in [1.807, 2.05) is 0 Å². The lowest BCUT2D eigenvalue weighted by atomic mass is 10.0. The van der Waals surface area contributed by atoms with Crippen LogP contribution in [0.25, 0.3) is 0 Å². The highest BCUT2D eigenvalue weighted by Gasteiger charge is 2.28. The van der Waals surface area contributed by atoms with E-state index < -0.39 is 0 Å². The molecule has 0 spiro atoms. The van der Waals surface area contributed by atoms with E-state index in [4.69, 9.17) is 0 Å². The minimum Gasteiger partial charge on any atom is -0.335 e. The number of amides is 2. The summed E-state index contributed by atoms with van der Waals surface area (Å²) in [5.74, 6) is 0.643. The average Bonchev–Trinajstić information content (AvgIpc) is 3.07. The number of hydrogen-bond donors (Lipinski definition) is 2. The molecule has 0 bridgehead atoms. The fourth-order valence-electron chi connectivity index (χ4n) is 3.91. The van der Waals surface area contributed by atoms with Crippen LogP contribution in [0, 0.1) is 0 Å². The van der Waals surface area contributed by atoms with E-state index in [-0.39, 0.29) is 6.03 Å². The number of nitrogens with one attached hydrogen (secondary N) is 2. The predicted molar refractivity (Wildman–Crippen MR) is 93.1 cm³/mol. The maximum Gasteiger partial charge on any atom is 0.321 e. The Morgan fingerprint density at radius 1 is 1.13 bits per heavy atom. The van der Waals surface area contributed by atoms with E-state index in [0.717, 1.165) is 42.8 Å². The van der Waals surface area contributed by atoms with Crippen LogP contribution in [0.3, 0.4) is 0 Å². The predicted octanol–water partition coefficient (Wildman–Crippen LogP) is 3.55. The Hall–Kier alpha value is -1.14. The molecule has 0 atom stereocenters. The van der Waals surface area contributed by atoms with Crippen LogP contribution < -0.4 is 10.6 Å². The lowest BCUT2D eigenvalue weighted by Gasteiger charge is -2.36. The molecule has 0 radical (unpaired) electrons. The van der Waals surface area contributed by atoms with Crippen molar-refractivity contribution in [1.82, 2.24) is 15.2 Å². The largest absolute Gasteiger partial charge is 0.335 e. The zero-order valence-corrected chi connectivity index (χ0v) is 14.4. The maximum atomic E-state index is 12.1. The lowest BCUT2D eigenvalue weighted by Crippen LogP contribution is -2.48. The van der Waals surface area contributed by atoms with Gasteiger partial charge in [-0.05, 0) is 38.5 Å². The van der Waals surface area contributed by atoms with E-state index >= 15 is 0 Å². The number of urea groups is 1. The smallest absolute Gasteiger partial charge is 0.321 e. The third kappa shape index (κ3) is 3.86. The second-order valence-electron chi connectivity index (χ2n) is 7.20. The van der Waals surface area contributed by atoms with Gasteiger partial charge in [-0.3, -0.25) is 5.32 Å². The minimum absolute atomic E-state index is 0.0963. The molecule has 0 aromatic carbocycles. The van der Waals surface area contributed by atoms with Crippen molar-refractivity contribution in [3.63, 3.8) is 0 Å². The van der Waals surface area contributed by atoms with Gasteiger partial charge in [-0.15, -0.1) is 11.3 Å². The highest BCUT2D eigenvalue weighted by atomic mass is 32.1. The maximum absolute atomic E-state index is 12.1. The molecule has 23 heavy (non-hydrogen) atoms. The van der Waals surface area contributed by atoms with Crippen molar-refractivity contribution in [2.45, 2.75) is 69.4 Å². The van der Waals surface area contributed by atoms with Gasteiger partial charge in [-0.1, -0.05) is 12.8 Å². The summed E-state index contributed by atoms with van der Waals surface area (Å²) in [6.07, 6.45) is 10.1. The number of carbonyl (C=O) groups is 1. The van der Waals surface area contributed by atoms with Crippen molar-refractivity contribution in [3.05, 3.63) is 11.1 Å². The van der Waals surface area contributed by atoms with Crippen LogP contribution in [0.2, 0.25) is 0 Å². The third-order valence-electron chi connectivity index (χ3n) is 5.44. The number of rotatable bonds is 4. The highest BCUT2D eigenvalue weighted by Crippen LogP contribution is 2.40. The van der Waals surface area contributed by atoms with Gasteiger partial charge in [0.25, 0.3) is 0 Å². The first kappa shape index (κ1) is 15.4. The molecule has 2 saturated carbocycles. The minimum atomic E-state index is -0.0963. The average molecular weight is 334 g/mol. The zero-order chi connectivity index (χ0) is 15.6. The molecule has 5 nitrogen and oxygen atoms in total. The van der Waals surface area contributed by atoms with E-state index in [1.54, 1.807) is 0 Å². The molecule has 1 aromatic heterocycles. The van der Waals surface area contributed by atoms with Crippen molar-refractivity contribution in [1.29, 1.82) is 0 Å². The Morgan fingerprint density at radius 3 is 2.57 bits per heavy atom. The standard InChI is InChI=1S/C17H26N4OS/c22-16(20-17-19-15(11-23-17)12-5-6-12)18-13-7-9-21(10-8-13)14-3-1-2-4-14/h11-14H,1-10H2,(H2,18,19,20,22). The summed E-state index contributed by atoms with van der Waals surface area (Å²) in [7, 11) is 0. The topological polar surface area (TPSA) is 57.3 Å². The van der Waals surface area contributed by atoms with Gasteiger partial charge in [0.15, 0.2) is 5.13 Å². The molecule has 3 aliphatic rings. The van der Waals surface area contributed by atoms with Gasteiger partial charge in [-0.2, -0.15) is 0 Å². The van der Waals surface area contributed by atoms with Crippen LogP contribution in [0.1, 0.15) is 63.0 Å². The number of anilines is 1. The molecule has 4 rings (SSSR count). The summed E-state index contributed by atoms with van der Waals surface area (Å²) in [5.41, 5.74) is 1.15. The van der Waals surface area contributed by atoms with E-state index in [2.05, 4.69) is 25.9 Å². The fourth-order valence-corrected chi connectivity index (χ4v) is 4.69. The van der Waals surface area contributed by atoms with Crippen LogP contribution in [0.5, 0.6) is 0 Å². The molecule has 1 aliphatic heterocycles. The molecule has 3 fully saturated rings. The van der Waals surface area contributed by atoms with Gasteiger partial charge in [0, 0.05) is 36.5 Å². The number of nitrogens with zero attached hydrogens (tertiary/aromatic N) is 2. The molecular formula is C17H26N4OS. The Morgan fingerprint density at radius 2 is 1.87 bits per heavy atom. The number of carbonyl (C=O) groups excluding carboxylic acids is 1. The number of piperidine rings is 1. The molecule has 2 amide bonds. The molecule has 6 heteroatoms. The van der Waals surface area contributed by atoms with E-state index in [9.17, 15) is 4.79 Å². The Kier molecular flexibility index (Phi) is 4.53. The van der Waals surface area contributed by atoms with Gasteiger partial charge in [0.2, 0.25) is 0 Å². The van der Waals surface area contributed by atoms with E-state index in [1.165, 1.54) is 49.9 Å². The monoisotopic (exact) mass is 334 g/mol. The summed E-state index contributed by atoms with van der Waals surface area (Å²) in [6.45, 7) is 2.25. The number of aromatic nitrogens is 1. The quantitative estimate of drug-likeness (QED) is 0.885. The molecule has 1 aromatic rings. The van der Waals surface area contributed by atoms with Crippen LogP contribution in [-0.4, -0.2) is 41.1 Å². The molecule has 2 N–H and O–H groups in total. The number of hydrogen-bond acceptors (Lipinski definition) is 4. The van der Waals surface area contributed by atoms with Gasteiger partial charge < -0.3 is 10.2 Å². The van der Waals surface area contributed by atoms with Crippen LogP contribution in [0.4, 0.5) is 9.93 Å². The second kappa shape index (κ2) is 6.77. The summed E-state index contributed by atoms with van der Waals surface area (Å²) in [4.78, 5) is 19.3. The van der Waals surface area contributed by atoms with Gasteiger partial charge >= 0.3 is 6.03 Å². The lowest BCUT2D eigenvalue weighted by molar-refractivity contribution is 0.147. The molecule has 2 heterocycles. The summed E-state index contributed by atoms with van der Waals surface area (Å²) in [5, 5.41) is 8.83. The fraction of sp³-hybridized carbons (Fsp3) is 0.765.